The van der Waals surface area contributed by atoms with Crippen molar-refractivity contribution in [1.82, 2.24) is 10.2 Å². The minimum Gasteiger partial charge on any atom is -0.489 e. The van der Waals surface area contributed by atoms with Gasteiger partial charge < -0.3 is 14.2 Å². The van der Waals surface area contributed by atoms with E-state index < -0.39 is 27.3 Å². The minimum absolute atomic E-state index is 0.0779. The summed E-state index contributed by atoms with van der Waals surface area (Å²) in [7, 11) is -4.19. The Morgan fingerprint density at radius 2 is 1.86 bits per heavy atom. The second-order valence-corrected chi connectivity index (χ2v) is 12.2. The van der Waals surface area contributed by atoms with Gasteiger partial charge in [-0.05, 0) is 74.1 Å². The highest BCUT2D eigenvalue weighted by Crippen LogP contribution is 2.28. The maximum absolute atomic E-state index is 14.0. The largest absolute Gasteiger partial charge is 0.489 e. The van der Waals surface area contributed by atoms with Crippen LogP contribution in [0.2, 0.25) is 5.02 Å². The van der Waals surface area contributed by atoms with Gasteiger partial charge in [0.2, 0.25) is 10.0 Å². The first-order valence-electron chi connectivity index (χ1n) is 13.6. The van der Waals surface area contributed by atoms with Crippen LogP contribution in [-0.4, -0.2) is 51.0 Å². The molecular weight excluding hydrogens is 587 g/mol. The fourth-order valence-electron chi connectivity index (χ4n) is 4.64. The van der Waals surface area contributed by atoms with Crippen molar-refractivity contribution in [3.63, 3.8) is 0 Å². The molecule has 42 heavy (non-hydrogen) atoms. The SMILES string of the molecule is O=C(NO)C1(NS(=O)(=O)c2ccc(OCc3ccc(Cl)cc3F)cc2)CCC(CCCOCCc2ccccc2)OC1. The van der Waals surface area contributed by atoms with E-state index in [0.29, 0.717) is 37.4 Å². The summed E-state index contributed by atoms with van der Waals surface area (Å²) in [4.78, 5) is 12.5. The highest BCUT2D eigenvalue weighted by Gasteiger charge is 2.46. The summed E-state index contributed by atoms with van der Waals surface area (Å²) in [5.74, 6) is -1.10. The fourth-order valence-corrected chi connectivity index (χ4v) is 6.18. The lowest BCUT2D eigenvalue weighted by Gasteiger charge is -2.38. The monoisotopic (exact) mass is 620 g/mol. The number of hydroxylamine groups is 1. The second-order valence-electron chi connectivity index (χ2n) is 10.1. The zero-order chi connectivity index (χ0) is 30.0. The van der Waals surface area contributed by atoms with E-state index in [9.17, 15) is 22.8 Å². The van der Waals surface area contributed by atoms with Crippen LogP contribution in [0.5, 0.6) is 5.75 Å². The summed E-state index contributed by atoms with van der Waals surface area (Å²) in [6.45, 7) is 0.860. The zero-order valence-corrected chi connectivity index (χ0v) is 24.5. The van der Waals surface area contributed by atoms with E-state index >= 15 is 0 Å². The molecule has 4 rings (SSSR count). The van der Waals surface area contributed by atoms with Crippen LogP contribution in [0.15, 0.2) is 77.7 Å². The van der Waals surface area contributed by atoms with Crippen LogP contribution in [0.25, 0.3) is 0 Å². The zero-order valence-electron chi connectivity index (χ0n) is 22.9. The number of hydrogen-bond acceptors (Lipinski definition) is 7. The maximum atomic E-state index is 14.0. The van der Waals surface area contributed by atoms with Crippen molar-refractivity contribution in [2.24, 2.45) is 0 Å². The molecule has 0 bridgehead atoms. The van der Waals surface area contributed by atoms with Crippen molar-refractivity contribution in [3.8, 4) is 5.75 Å². The molecule has 1 aliphatic heterocycles. The Morgan fingerprint density at radius 1 is 1.10 bits per heavy atom. The van der Waals surface area contributed by atoms with Crippen molar-refractivity contribution >= 4 is 27.5 Å². The van der Waals surface area contributed by atoms with Crippen molar-refractivity contribution in [1.29, 1.82) is 0 Å². The Balaban J connectivity index is 1.27. The standard InChI is InChI=1S/C30H34ClFN2O7S/c31-24-9-8-23(28(32)19-24)20-40-26-10-12-27(13-11-26)42(37,38)34-30(29(35)33-36)16-14-25(41-21-30)7-4-17-39-18-15-22-5-2-1-3-6-22/h1-3,5-6,8-13,19,25,34,36H,4,7,14-18,20-21H2,(H,33,35). The van der Waals surface area contributed by atoms with E-state index in [-0.39, 0.29) is 35.7 Å². The van der Waals surface area contributed by atoms with Crippen LogP contribution in [0.1, 0.15) is 36.8 Å². The van der Waals surface area contributed by atoms with E-state index in [1.165, 1.54) is 42.0 Å². The normalized spacial score (nSPS) is 18.9. The average molecular weight is 621 g/mol. The summed E-state index contributed by atoms with van der Waals surface area (Å²) in [5, 5.41) is 9.63. The van der Waals surface area contributed by atoms with E-state index in [1.807, 2.05) is 18.2 Å². The lowest BCUT2D eigenvalue weighted by atomic mass is 9.89. The van der Waals surface area contributed by atoms with Gasteiger partial charge in [-0.3, -0.25) is 10.0 Å². The molecule has 9 nitrogen and oxygen atoms in total. The minimum atomic E-state index is -4.19. The van der Waals surface area contributed by atoms with Crippen molar-refractivity contribution in [2.45, 2.75) is 55.2 Å². The molecular formula is C30H34ClFN2O7S. The lowest BCUT2D eigenvalue weighted by Crippen LogP contribution is -2.63. The molecule has 1 saturated heterocycles. The predicted octanol–water partition coefficient (Wildman–Crippen LogP) is 4.80. The first-order valence-corrected chi connectivity index (χ1v) is 15.5. The molecule has 0 aliphatic carbocycles. The molecule has 1 fully saturated rings. The molecule has 3 N–H and O–H groups in total. The Kier molecular flexibility index (Phi) is 11.3. The number of amides is 1. The van der Waals surface area contributed by atoms with E-state index in [4.69, 9.17) is 25.8 Å². The van der Waals surface area contributed by atoms with Crippen LogP contribution in [-0.2, 0) is 37.3 Å². The summed E-state index contributed by atoms with van der Waals surface area (Å²) < 4.78 is 60.0. The summed E-state index contributed by atoms with van der Waals surface area (Å²) in [6.07, 6.45) is 2.65. The third-order valence-corrected chi connectivity index (χ3v) is 8.85. The molecule has 1 amide bonds. The van der Waals surface area contributed by atoms with Gasteiger partial charge in [-0.25, -0.2) is 18.3 Å². The van der Waals surface area contributed by atoms with Crippen LogP contribution in [0.4, 0.5) is 4.39 Å². The Hall–Kier alpha value is -3.06. The summed E-state index contributed by atoms with van der Waals surface area (Å²) >= 11 is 5.77. The van der Waals surface area contributed by atoms with Crippen molar-refractivity contribution < 1.29 is 37.0 Å². The van der Waals surface area contributed by atoms with Crippen molar-refractivity contribution in [3.05, 3.63) is 94.8 Å². The molecule has 2 atom stereocenters. The third kappa shape index (κ3) is 8.73. The molecule has 1 heterocycles. The molecule has 1 aliphatic rings. The van der Waals surface area contributed by atoms with Crippen LogP contribution in [0, 0.1) is 5.82 Å². The van der Waals surface area contributed by atoms with Crippen LogP contribution < -0.4 is 14.9 Å². The van der Waals surface area contributed by atoms with Gasteiger partial charge in [0.15, 0.2) is 0 Å². The molecule has 3 aromatic rings. The van der Waals surface area contributed by atoms with Gasteiger partial charge in [-0.1, -0.05) is 48.0 Å². The number of ether oxygens (including phenoxy) is 3. The molecule has 0 aromatic heterocycles. The summed E-state index contributed by atoms with van der Waals surface area (Å²) in [6, 6.07) is 19.8. The fraction of sp³-hybridized carbons (Fsp3) is 0.367. The first kappa shape index (κ1) is 31.9. The number of nitrogens with one attached hydrogen (secondary N) is 2. The van der Waals surface area contributed by atoms with Gasteiger partial charge in [0.1, 0.15) is 23.7 Å². The highest BCUT2D eigenvalue weighted by molar-refractivity contribution is 7.89. The number of rotatable bonds is 14. The van der Waals surface area contributed by atoms with Gasteiger partial charge in [-0.2, -0.15) is 4.72 Å². The van der Waals surface area contributed by atoms with E-state index in [1.54, 1.807) is 11.5 Å². The molecule has 12 heteroatoms. The first-order chi connectivity index (χ1) is 20.2. The number of hydrogen-bond donors (Lipinski definition) is 3. The molecule has 2 unspecified atom stereocenters. The molecule has 0 spiro atoms. The van der Waals surface area contributed by atoms with Gasteiger partial charge in [0.25, 0.3) is 5.91 Å². The number of carbonyl (C=O) groups is 1. The lowest BCUT2D eigenvalue weighted by molar-refractivity contribution is -0.143. The summed E-state index contributed by atoms with van der Waals surface area (Å²) in [5.41, 5.74) is 1.39. The van der Waals surface area contributed by atoms with Gasteiger partial charge >= 0.3 is 0 Å². The Morgan fingerprint density at radius 3 is 2.52 bits per heavy atom. The highest BCUT2D eigenvalue weighted by atomic mass is 35.5. The Bertz CT molecular complexity index is 1420. The molecule has 0 saturated carbocycles. The number of carbonyl (C=O) groups excluding carboxylic acids is 1. The predicted molar refractivity (Wildman–Crippen MR) is 154 cm³/mol. The molecule has 3 aromatic carbocycles. The van der Waals surface area contributed by atoms with Gasteiger partial charge in [0, 0.05) is 17.2 Å². The number of halogens is 2. The maximum Gasteiger partial charge on any atom is 0.267 e. The van der Waals surface area contributed by atoms with E-state index in [0.717, 1.165) is 12.8 Å². The topological polar surface area (TPSA) is 123 Å². The molecule has 226 valence electrons. The smallest absolute Gasteiger partial charge is 0.267 e. The molecule has 0 radical (unpaired) electrons. The van der Waals surface area contributed by atoms with Crippen LogP contribution >= 0.6 is 11.6 Å². The number of benzene rings is 3. The van der Waals surface area contributed by atoms with Gasteiger partial charge in [-0.15, -0.1) is 0 Å². The van der Waals surface area contributed by atoms with Crippen LogP contribution in [0.3, 0.4) is 0 Å². The second kappa shape index (κ2) is 14.9. The third-order valence-electron chi connectivity index (χ3n) is 7.06. The van der Waals surface area contributed by atoms with E-state index in [2.05, 4.69) is 16.9 Å². The van der Waals surface area contributed by atoms with Gasteiger partial charge in [0.05, 0.1) is 24.2 Å². The number of sulfonamides is 1. The quantitative estimate of drug-likeness (QED) is 0.134. The van der Waals surface area contributed by atoms with Crippen molar-refractivity contribution in [2.75, 3.05) is 19.8 Å². The Labute approximate surface area is 249 Å². The average Bonchev–Trinajstić information content (AvgIpc) is 2.99.